The molecular weight excluding hydrogens is 314 g/mol. The predicted molar refractivity (Wildman–Crippen MR) is 100 cm³/mol. The number of anilines is 2. The summed E-state index contributed by atoms with van der Waals surface area (Å²) in [6.45, 7) is 7.87. The van der Waals surface area contributed by atoms with E-state index in [4.69, 9.17) is 4.74 Å². The zero-order chi connectivity index (χ0) is 17.6. The number of hydrogen-bond acceptors (Lipinski definition) is 5. The quantitative estimate of drug-likeness (QED) is 0.617. The molecule has 1 aromatic heterocycles. The monoisotopic (exact) mass is 339 g/mol. The summed E-state index contributed by atoms with van der Waals surface area (Å²) < 4.78 is 5.43. The molecule has 0 amide bonds. The Kier molecular flexibility index (Phi) is 5.53. The maximum atomic E-state index is 11.7. The minimum atomic E-state index is -0.163. The number of ether oxygens (including phenoxy) is 1. The molecule has 1 aromatic carbocycles. The number of aryl methyl sites for hydroxylation is 1. The van der Waals surface area contributed by atoms with Crippen LogP contribution in [0.4, 0.5) is 11.4 Å². The molecule has 0 saturated carbocycles. The molecule has 0 unspecified atom stereocenters. The van der Waals surface area contributed by atoms with Crippen LogP contribution in [-0.4, -0.2) is 37.1 Å². The van der Waals surface area contributed by atoms with Crippen LogP contribution >= 0.6 is 0 Å². The fourth-order valence-corrected chi connectivity index (χ4v) is 3.10. The molecule has 2 heterocycles. The van der Waals surface area contributed by atoms with Crippen LogP contribution < -0.4 is 14.5 Å². The summed E-state index contributed by atoms with van der Waals surface area (Å²) in [6.07, 6.45) is 4.93. The lowest BCUT2D eigenvalue weighted by atomic mass is 10.1. The Morgan fingerprint density at radius 1 is 1.04 bits per heavy atom. The van der Waals surface area contributed by atoms with Gasteiger partial charge in [-0.2, -0.15) is 0 Å². The zero-order valence-electron chi connectivity index (χ0n) is 14.9. The summed E-state index contributed by atoms with van der Waals surface area (Å²) in [5.74, 6) is 0.502. The van der Waals surface area contributed by atoms with Crippen LogP contribution in [0.1, 0.15) is 25.3 Å². The van der Waals surface area contributed by atoms with E-state index in [9.17, 15) is 4.79 Å². The van der Waals surface area contributed by atoms with Crippen molar-refractivity contribution in [3.8, 4) is 5.75 Å². The van der Waals surface area contributed by atoms with Crippen LogP contribution in [0.25, 0.3) is 0 Å². The third kappa shape index (κ3) is 4.29. The second-order valence-electron chi connectivity index (χ2n) is 6.35. The van der Waals surface area contributed by atoms with Crippen LogP contribution in [0.15, 0.2) is 42.7 Å². The number of pyridine rings is 1. The Morgan fingerprint density at radius 2 is 1.68 bits per heavy atom. The van der Waals surface area contributed by atoms with Crippen molar-refractivity contribution >= 4 is 17.3 Å². The summed E-state index contributed by atoms with van der Waals surface area (Å²) in [6, 6.07) is 10.2. The van der Waals surface area contributed by atoms with Crippen molar-refractivity contribution in [2.45, 2.75) is 26.7 Å². The molecule has 1 aliphatic rings. The number of nitrogens with zero attached hydrogens (tertiary/aromatic N) is 3. The molecule has 0 aliphatic carbocycles. The molecule has 1 fully saturated rings. The van der Waals surface area contributed by atoms with E-state index >= 15 is 0 Å². The zero-order valence-corrected chi connectivity index (χ0v) is 14.9. The maximum absolute atomic E-state index is 11.7. The molecule has 0 bridgehead atoms. The first-order chi connectivity index (χ1) is 12.2. The predicted octanol–water partition coefficient (Wildman–Crippen LogP) is 3.42. The fraction of sp³-hybridized carbons (Fsp3) is 0.400. The van der Waals surface area contributed by atoms with Gasteiger partial charge >= 0.3 is 5.97 Å². The van der Waals surface area contributed by atoms with Gasteiger partial charge in [0.05, 0.1) is 0 Å². The van der Waals surface area contributed by atoms with Crippen molar-refractivity contribution in [3.05, 3.63) is 48.3 Å². The van der Waals surface area contributed by atoms with Crippen molar-refractivity contribution in [3.63, 3.8) is 0 Å². The molecule has 2 aromatic rings. The molecule has 1 aliphatic heterocycles. The highest BCUT2D eigenvalue weighted by atomic mass is 16.5. The van der Waals surface area contributed by atoms with Crippen LogP contribution in [0.3, 0.4) is 0 Å². The van der Waals surface area contributed by atoms with Gasteiger partial charge < -0.3 is 14.5 Å². The lowest BCUT2D eigenvalue weighted by Crippen LogP contribution is -2.46. The van der Waals surface area contributed by atoms with Crippen molar-refractivity contribution < 1.29 is 9.53 Å². The third-order valence-electron chi connectivity index (χ3n) is 4.51. The average molecular weight is 339 g/mol. The van der Waals surface area contributed by atoms with E-state index in [1.165, 1.54) is 11.4 Å². The first-order valence-corrected chi connectivity index (χ1v) is 8.88. The van der Waals surface area contributed by atoms with Crippen molar-refractivity contribution in [2.24, 2.45) is 0 Å². The summed E-state index contributed by atoms with van der Waals surface area (Å²) in [5.41, 5.74) is 3.41. The van der Waals surface area contributed by atoms with E-state index in [0.29, 0.717) is 12.2 Å². The molecule has 132 valence electrons. The van der Waals surface area contributed by atoms with Gasteiger partial charge in [-0.15, -0.1) is 0 Å². The van der Waals surface area contributed by atoms with E-state index in [-0.39, 0.29) is 5.97 Å². The van der Waals surface area contributed by atoms with E-state index < -0.39 is 0 Å². The standard InChI is InChI=1S/C20H25N3O2/c1-3-4-20(24)25-19-6-5-18(15-16(19)2)23-13-11-22(12-14-23)17-7-9-21-10-8-17/h5-10,15H,3-4,11-14H2,1-2H3. The Bertz CT molecular complexity index is 710. The Morgan fingerprint density at radius 3 is 2.28 bits per heavy atom. The second-order valence-corrected chi connectivity index (χ2v) is 6.35. The highest BCUT2D eigenvalue weighted by Gasteiger charge is 2.18. The topological polar surface area (TPSA) is 45.7 Å². The van der Waals surface area contributed by atoms with Crippen molar-refractivity contribution in [1.29, 1.82) is 0 Å². The number of carbonyl (C=O) groups is 1. The number of piperazine rings is 1. The highest BCUT2D eigenvalue weighted by molar-refractivity contribution is 5.73. The molecule has 3 rings (SSSR count). The van der Waals surface area contributed by atoms with Crippen molar-refractivity contribution in [1.82, 2.24) is 4.98 Å². The average Bonchev–Trinajstić information content (AvgIpc) is 2.64. The van der Waals surface area contributed by atoms with E-state index in [1.807, 2.05) is 38.4 Å². The Hall–Kier alpha value is -2.56. The van der Waals surface area contributed by atoms with Gasteiger partial charge in [-0.05, 0) is 49.2 Å². The second kappa shape index (κ2) is 8.01. The number of benzene rings is 1. The molecule has 0 spiro atoms. The first-order valence-electron chi connectivity index (χ1n) is 8.88. The largest absolute Gasteiger partial charge is 0.426 e. The van der Waals surface area contributed by atoms with Crippen LogP contribution in [-0.2, 0) is 4.79 Å². The third-order valence-corrected chi connectivity index (χ3v) is 4.51. The van der Waals surface area contributed by atoms with Gasteiger partial charge in [-0.1, -0.05) is 6.92 Å². The highest BCUT2D eigenvalue weighted by Crippen LogP contribution is 2.26. The minimum absolute atomic E-state index is 0.163. The summed E-state index contributed by atoms with van der Waals surface area (Å²) in [7, 11) is 0. The SMILES string of the molecule is CCCC(=O)Oc1ccc(N2CCN(c3ccncc3)CC2)cc1C. The normalized spacial score (nSPS) is 14.5. The van der Waals surface area contributed by atoms with Crippen LogP contribution in [0.2, 0.25) is 0 Å². The summed E-state index contributed by atoms with van der Waals surface area (Å²) in [5, 5.41) is 0. The Balaban J connectivity index is 1.62. The van der Waals surface area contributed by atoms with Crippen LogP contribution in [0, 0.1) is 6.92 Å². The van der Waals surface area contributed by atoms with E-state index in [0.717, 1.165) is 38.2 Å². The molecule has 5 heteroatoms. The van der Waals surface area contributed by atoms with Gasteiger partial charge in [0.15, 0.2) is 0 Å². The van der Waals surface area contributed by atoms with Gasteiger partial charge in [-0.3, -0.25) is 9.78 Å². The Labute approximate surface area is 149 Å². The summed E-state index contributed by atoms with van der Waals surface area (Å²) >= 11 is 0. The van der Waals surface area contributed by atoms with Gasteiger partial charge in [0.2, 0.25) is 0 Å². The lowest BCUT2D eigenvalue weighted by Gasteiger charge is -2.37. The molecule has 0 N–H and O–H groups in total. The van der Waals surface area contributed by atoms with Gasteiger partial charge in [0.25, 0.3) is 0 Å². The number of carbonyl (C=O) groups excluding carboxylic acids is 1. The molecule has 1 saturated heterocycles. The van der Waals surface area contributed by atoms with E-state index in [1.54, 1.807) is 0 Å². The van der Waals surface area contributed by atoms with Gasteiger partial charge in [0.1, 0.15) is 5.75 Å². The fourth-order valence-electron chi connectivity index (χ4n) is 3.10. The number of esters is 1. The molecular formula is C20H25N3O2. The number of hydrogen-bond donors (Lipinski definition) is 0. The minimum Gasteiger partial charge on any atom is -0.426 e. The van der Waals surface area contributed by atoms with Gasteiger partial charge in [0, 0.05) is 56.4 Å². The molecule has 5 nitrogen and oxygen atoms in total. The van der Waals surface area contributed by atoms with Gasteiger partial charge in [-0.25, -0.2) is 0 Å². The first kappa shape index (κ1) is 17.3. The maximum Gasteiger partial charge on any atom is 0.311 e. The molecule has 25 heavy (non-hydrogen) atoms. The molecule has 0 radical (unpaired) electrons. The van der Waals surface area contributed by atoms with Crippen LogP contribution in [0.5, 0.6) is 5.75 Å². The van der Waals surface area contributed by atoms with E-state index in [2.05, 4.69) is 33.0 Å². The summed E-state index contributed by atoms with van der Waals surface area (Å²) in [4.78, 5) is 20.5. The number of rotatable bonds is 5. The smallest absolute Gasteiger partial charge is 0.311 e. The lowest BCUT2D eigenvalue weighted by molar-refractivity contribution is -0.134. The van der Waals surface area contributed by atoms with Crippen molar-refractivity contribution in [2.75, 3.05) is 36.0 Å². The molecule has 0 atom stereocenters. The number of aromatic nitrogens is 1.